The van der Waals surface area contributed by atoms with Crippen LogP contribution in [0.3, 0.4) is 0 Å². The summed E-state index contributed by atoms with van der Waals surface area (Å²) in [6.07, 6.45) is 1.18. The number of anilines is 1. The van der Waals surface area contributed by atoms with Crippen molar-refractivity contribution >= 4 is 51.9 Å². The smallest absolute Gasteiger partial charge is 0.145 e. The quantitative estimate of drug-likeness (QED) is 0.693. The van der Waals surface area contributed by atoms with Gasteiger partial charge >= 0.3 is 0 Å². The lowest BCUT2D eigenvalue weighted by molar-refractivity contribution is 0.556. The number of halogens is 1. The van der Waals surface area contributed by atoms with Gasteiger partial charge in [-0.25, -0.2) is 9.97 Å². The van der Waals surface area contributed by atoms with Gasteiger partial charge in [0, 0.05) is 29.2 Å². The first-order valence-corrected chi connectivity index (χ1v) is 10.5. The molecule has 118 valence electrons. The van der Waals surface area contributed by atoms with Gasteiger partial charge in [-0.2, -0.15) is 11.8 Å². The van der Waals surface area contributed by atoms with Gasteiger partial charge in [-0.05, 0) is 29.0 Å². The molecule has 0 radical (unpaired) electrons. The lowest BCUT2D eigenvalue weighted by Gasteiger charge is -2.30. The van der Waals surface area contributed by atoms with E-state index in [9.17, 15) is 0 Å². The predicted octanol–water partition coefficient (Wildman–Crippen LogP) is 4.72. The molecule has 3 nitrogen and oxygen atoms in total. The van der Waals surface area contributed by atoms with Crippen LogP contribution < -0.4 is 5.32 Å². The van der Waals surface area contributed by atoms with Gasteiger partial charge in [0.1, 0.15) is 11.6 Å². The first kappa shape index (κ1) is 17.7. The van der Waals surface area contributed by atoms with E-state index in [-0.39, 0.29) is 5.41 Å². The van der Waals surface area contributed by atoms with Gasteiger partial charge in [-0.15, -0.1) is 11.8 Å². The zero-order valence-corrected chi connectivity index (χ0v) is 17.2. The molecule has 1 fully saturated rings. The average Bonchev–Trinajstić information content (AvgIpc) is 2.46. The Morgan fingerprint density at radius 3 is 2.48 bits per heavy atom. The van der Waals surface area contributed by atoms with Crippen molar-refractivity contribution in [2.45, 2.75) is 50.0 Å². The van der Waals surface area contributed by atoms with Crippen LogP contribution in [0.15, 0.2) is 0 Å². The molecule has 21 heavy (non-hydrogen) atoms. The minimum atomic E-state index is 0.0357. The number of aromatic nitrogens is 2. The van der Waals surface area contributed by atoms with E-state index in [0.29, 0.717) is 10.5 Å². The molecule has 0 spiro atoms. The fourth-order valence-corrected chi connectivity index (χ4v) is 6.71. The Hall–Kier alpha value is 0.310. The maximum absolute atomic E-state index is 4.98. The number of thioether (sulfide) groups is 2. The van der Waals surface area contributed by atoms with E-state index >= 15 is 0 Å². The molecule has 2 unspecified atom stereocenters. The summed E-state index contributed by atoms with van der Waals surface area (Å²) in [7, 11) is 1.95. The summed E-state index contributed by atoms with van der Waals surface area (Å²) in [5, 5.41) is 4.29. The van der Waals surface area contributed by atoms with Gasteiger partial charge in [-0.3, -0.25) is 0 Å². The second-order valence-electron chi connectivity index (χ2n) is 6.20. The molecule has 1 aromatic heterocycles. The highest BCUT2D eigenvalue weighted by molar-refractivity contribution is 14.1. The van der Waals surface area contributed by atoms with Gasteiger partial charge < -0.3 is 5.32 Å². The zero-order valence-electron chi connectivity index (χ0n) is 13.4. The summed E-state index contributed by atoms with van der Waals surface area (Å²) >= 11 is 6.46. The molecule has 0 bridgehead atoms. The Labute approximate surface area is 150 Å². The second kappa shape index (κ2) is 7.25. The van der Waals surface area contributed by atoms with E-state index in [1.54, 1.807) is 0 Å². The van der Waals surface area contributed by atoms with E-state index in [1.165, 1.54) is 17.9 Å². The van der Waals surface area contributed by atoms with Crippen LogP contribution in [0.4, 0.5) is 5.82 Å². The van der Waals surface area contributed by atoms with E-state index < -0.39 is 0 Å². The lowest BCUT2D eigenvalue weighted by atomic mass is 9.92. The molecule has 1 aromatic rings. The standard InChI is InChI=1S/C15H24IN3S2/c1-6-9-11(21-8-7-20-9)14-18-12(15(2,3)4)10(16)13(17-5)19-14/h9,11H,6-8H2,1-5H3,(H,17,18,19). The minimum absolute atomic E-state index is 0.0357. The van der Waals surface area contributed by atoms with Crippen molar-refractivity contribution < 1.29 is 0 Å². The summed E-state index contributed by atoms with van der Waals surface area (Å²) < 4.78 is 1.15. The van der Waals surface area contributed by atoms with Crippen molar-refractivity contribution in [2.75, 3.05) is 23.9 Å². The van der Waals surface area contributed by atoms with Gasteiger partial charge in [0.25, 0.3) is 0 Å². The predicted molar refractivity (Wildman–Crippen MR) is 105 cm³/mol. The first-order valence-electron chi connectivity index (χ1n) is 7.37. The minimum Gasteiger partial charge on any atom is -0.372 e. The third-order valence-corrected chi connectivity index (χ3v) is 7.79. The molecule has 6 heteroatoms. The molecular weight excluding hydrogens is 413 g/mol. The number of hydrogen-bond acceptors (Lipinski definition) is 5. The van der Waals surface area contributed by atoms with Crippen molar-refractivity contribution in [3.05, 3.63) is 15.1 Å². The molecule has 0 aromatic carbocycles. The SMILES string of the molecule is CCC1SCCSC1c1nc(NC)c(I)c(C(C)(C)C)n1. The van der Waals surface area contributed by atoms with E-state index in [0.717, 1.165) is 20.9 Å². The van der Waals surface area contributed by atoms with Crippen LogP contribution >= 0.6 is 46.1 Å². The fourth-order valence-electron chi connectivity index (χ4n) is 2.40. The molecule has 2 atom stereocenters. The summed E-state index contributed by atoms with van der Waals surface area (Å²) in [5.41, 5.74) is 1.19. The first-order chi connectivity index (χ1) is 9.88. The molecule has 0 amide bonds. The molecule has 2 rings (SSSR count). The zero-order chi connectivity index (χ0) is 15.6. The Bertz CT molecular complexity index is 502. The highest BCUT2D eigenvalue weighted by Crippen LogP contribution is 2.44. The lowest BCUT2D eigenvalue weighted by Crippen LogP contribution is -2.24. The summed E-state index contributed by atoms with van der Waals surface area (Å²) in [5.74, 6) is 4.42. The molecule has 0 saturated carbocycles. The van der Waals surface area contributed by atoms with E-state index in [4.69, 9.17) is 9.97 Å². The molecule has 1 saturated heterocycles. The van der Waals surface area contributed by atoms with Crippen molar-refractivity contribution in [3.63, 3.8) is 0 Å². The normalized spacial score (nSPS) is 23.1. The van der Waals surface area contributed by atoms with Crippen LogP contribution in [-0.2, 0) is 5.41 Å². The Balaban J connectivity index is 2.48. The van der Waals surface area contributed by atoms with Crippen LogP contribution in [0.1, 0.15) is 50.9 Å². The maximum Gasteiger partial charge on any atom is 0.145 e. The maximum atomic E-state index is 4.98. The van der Waals surface area contributed by atoms with Crippen molar-refractivity contribution in [3.8, 4) is 0 Å². The van der Waals surface area contributed by atoms with Gasteiger partial charge in [0.2, 0.25) is 0 Å². The van der Waals surface area contributed by atoms with E-state index in [1.807, 2.05) is 18.8 Å². The molecular formula is C15H24IN3S2. The third-order valence-electron chi connectivity index (χ3n) is 3.52. The average molecular weight is 437 g/mol. The molecule has 2 heterocycles. The van der Waals surface area contributed by atoms with Crippen molar-refractivity contribution in [1.29, 1.82) is 0 Å². The third kappa shape index (κ3) is 3.99. The largest absolute Gasteiger partial charge is 0.372 e. The van der Waals surface area contributed by atoms with Crippen LogP contribution in [0.2, 0.25) is 0 Å². The Morgan fingerprint density at radius 1 is 1.24 bits per heavy atom. The number of rotatable bonds is 3. The highest BCUT2D eigenvalue weighted by atomic mass is 127. The van der Waals surface area contributed by atoms with Gasteiger partial charge in [0.15, 0.2) is 0 Å². The summed E-state index contributed by atoms with van der Waals surface area (Å²) in [6.45, 7) is 8.94. The summed E-state index contributed by atoms with van der Waals surface area (Å²) in [6, 6.07) is 0. The topological polar surface area (TPSA) is 37.8 Å². The van der Waals surface area contributed by atoms with Crippen LogP contribution in [0.5, 0.6) is 0 Å². The Morgan fingerprint density at radius 2 is 1.90 bits per heavy atom. The van der Waals surface area contributed by atoms with Crippen molar-refractivity contribution in [2.24, 2.45) is 0 Å². The Kier molecular flexibility index (Phi) is 6.10. The van der Waals surface area contributed by atoms with Crippen LogP contribution in [0, 0.1) is 3.57 Å². The molecule has 1 N–H and O–H groups in total. The number of nitrogens with one attached hydrogen (secondary N) is 1. The number of hydrogen-bond donors (Lipinski definition) is 1. The molecule has 1 aliphatic heterocycles. The van der Waals surface area contributed by atoms with Crippen LogP contribution in [-0.4, -0.2) is 33.8 Å². The summed E-state index contributed by atoms with van der Waals surface area (Å²) in [4.78, 5) is 9.80. The monoisotopic (exact) mass is 437 g/mol. The van der Waals surface area contributed by atoms with Crippen LogP contribution in [0.25, 0.3) is 0 Å². The molecule has 1 aliphatic rings. The van der Waals surface area contributed by atoms with Gasteiger partial charge in [0.05, 0.1) is 14.5 Å². The van der Waals surface area contributed by atoms with Crippen molar-refractivity contribution in [1.82, 2.24) is 9.97 Å². The second-order valence-corrected chi connectivity index (χ2v) is 9.88. The number of nitrogens with zero attached hydrogens (tertiary/aromatic N) is 2. The van der Waals surface area contributed by atoms with E-state index in [2.05, 4.69) is 67.4 Å². The highest BCUT2D eigenvalue weighted by Gasteiger charge is 2.31. The molecule has 0 aliphatic carbocycles. The van der Waals surface area contributed by atoms with Gasteiger partial charge in [-0.1, -0.05) is 27.7 Å². The fraction of sp³-hybridized carbons (Fsp3) is 0.733.